The van der Waals surface area contributed by atoms with Crippen LogP contribution in [0.15, 0.2) is 36.1 Å². The average Bonchev–Trinajstić information content (AvgIpc) is 3.00. The fourth-order valence-electron chi connectivity index (χ4n) is 6.04. The highest BCUT2D eigenvalue weighted by atomic mass is 35.5. The average molecular weight is 445 g/mol. The van der Waals surface area contributed by atoms with Gasteiger partial charge in [0.15, 0.2) is 5.78 Å². The Morgan fingerprint density at radius 3 is 2.30 bits per heavy atom. The van der Waals surface area contributed by atoms with Gasteiger partial charge in [0.25, 0.3) is 0 Å². The maximum atomic E-state index is 14.7. The highest BCUT2D eigenvalue weighted by molar-refractivity contribution is 6.36. The summed E-state index contributed by atoms with van der Waals surface area (Å²) in [6.45, 7) is 2.02. The molecule has 0 unspecified atom stereocenters. The monoisotopic (exact) mass is 444 g/mol. The van der Waals surface area contributed by atoms with Crippen molar-refractivity contribution in [2.75, 3.05) is 0 Å². The van der Waals surface area contributed by atoms with E-state index in [0.717, 1.165) is 31.2 Å². The van der Waals surface area contributed by atoms with Crippen LogP contribution in [-0.4, -0.2) is 10.9 Å². The van der Waals surface area contributed by atoms with Crippen molar-refractivity contribution in [3.8, 4) is 11.1 Å². The molecule has 2 nitrogen and oxygen atoms in total. The van der Waals surface area contributed by atoms with Gasteiger partial charge in [0.2, 0.25) is 0 Å². The van der Waals surface area contributed by atoms with Crippen molar-refractivity contribution in [2.24, 2.45) is 23.7 Å². The van der Waals surface area contributed by atoms with E-state index in [1.54, 1.807) is 6.07 Å². The molecule has 2 atom stereocenters. The smallest absolute Gasteiger partial charge is 0.170 e. The fraction of sp³-hybridized carbons (Fsp3) is 0.400. The Bertz CT molecular complexity index is 1060. The third kappa shape index (κ3) is 2.93. The zero-order valence-electron chi connectivity index (χ0n) is 16.7. The minimum atomic E-state index is -0.509. The van der Waals surface area contributed by atoms with Gasteiger partial charge in [-0.2, -0.15) is 0 Å². The second-order valence-corrected chi connectivity index (χ2v) is 9.66. The number of fused-ring (bicyclic) bond motifs is 2. The molecule has 0 spiro atoms. The first-order valence-electron chi connectivity index (χ1n) is 10.7. The zero-order chi connectivity index (χ0) is 21.2. The van der Waals surface area contributed by atoms with Gasteiger partial charge in [-0.05, 0) is 78.8 Å². The topological polar surface area (TPSA) is 37.3 Å². The molecule has 0 radical (unpaired) electrons. The van der Waals surface area contributed by atoms with Gasteiger partial charge in [-0.1, -0.05) is 42.3 Å². The van der Waals surface area contributed by atoms with E-state index in [1.807, 2.05) is 19.1 Å². The van der Waals surface area contributed by atoms with Crippen molar-refractivity contribution in [1.82, 2.24) is 0 Å². The largest absolute Gasteiger partial charge is 0.511 e. The van der Waals surface area contributed by atoms with Gasteiger partial charge in [-0.3, -0.25) is 4.79 Å². The van der Waals surface area contributed by atoms with Gasteiger partial charge in [0, 0.05) is 22.4 Å². The van der Waals surface area contributed by atoms with Crippen LogP contribution >= 0.6 is 23.2 Å². The van der Waals surface area contributed by atoms with E-state index in [4.69, 9.17) is 23.2 Å². The van der Waals surface area contributed by atoms with Crippen molar-refractivity contribution < 1.29 is 14.3 Å². The first-order valence-corrected chi connectivity index (χ1v) is 11.4. The molecule has 2 bridgehead atoms. The lowest BCUT2D eigenvalue weighted by Crippen LogP contribution is -2.41. The number of aliphatic hydroxyl groups is 1. The molecule has 30 heavy (non-hydrogen) atoms. The number of hydrogen-bond acceptors (Lipinski definition) is 2. The Morgan fingerprint density at radius 1 is 1.03 bits per heavy atom. The third-order valence-corrected chi connectivity index (χ3v) is 7.91. The molecule has 3 fully saturated rings. The Labute approximate surface area is 185 Å². The third-order valence-electron chi connectivity index (χ3n) is 7.40. The number of Topliss-reactive ketones (excluding diaryl/α,β-unsaturated/α-hetero) is 1. The number of hydrogen-bond donors (Lipinski definition) is 1. The fourth-order valence-corrected chi connectivity index (χ4v) is 6.62. The Balaban J connectivity index is 1.66. The molecule has 3 saturated carbocycles. The molecule has 2 aromatic rings. The number of rotatable bonds is 3. The number of carbonyl (C=O) groups is 1. The van der Waals surface area contributed by atoms with Crippen molar-refractivity contribution in [3.05, 3.63) is 63.1 Å². The first-order chi connectivity index (χ1) is 14.4. The van der Waals surface area contributed by atoms with Gasteiger partial charge in [-0.15, -0.1) is 0 Å². The van der Waals surface area contributed by atoms with E-state index in [2.05, 4.69) is 0 Å². The molecule has 0 amide bonds. The minimum Gasteiger partial charge on any atom is -0.511 e. The molecule has 0 aromatic heterocycles. The maximum absolute atomic E-state index is 14.7. The quantitative estimate of drug-likeness (QED) is 0.540. The van der Waals surface area contributed by atoms with Crippen molar-refractivity contribution in [1.29, 1.82) is 0 Å². The molecule has 6 rings (SSSR count). The number of aliphatic hydroxyl groups excluding tert-OH is 1. The lowest BCUT2D eigenvalue weighted by molar-refractivity contribution is -0.123. The number of aryl methyl sites for hydroxylation is 1. The molecule has 2 aromatic carbocycles. The van der Waals surface area contributed by atoms with Crippen molar-refractivity contribution in [3.63, 3.8) is 0 Å². The van der Waals surface area contributed by atoms with Crippen LogP contribution < -0.4 is 0 Å². The van der Waals surface area contributed by atoms with Crippen molar-refractivity contribution >= 4 is 34.6 Å². The molecule has 0 saturated heterocycles. The second-order valence-electron chi connectivity index (χ2n) is 8.82. The predicted molar refractivity (Wildman–Crippen MR) is 118 cm³/mol. The summed E-state index contributed by atoms with van der Waals surface area (Å²) in [7, 11) is 0. The van der Waals surface area contributed by atoms with E-state index in [1.165, 1.54) is 12.1 Å². The molecule has 5 heteroatoms. The van der Waals surface area contributed by atoms with Crippen LogP contribution in [0.25, 0.3) is 16.7 Å². The molecule has 156 valence electrons. The van der Waals surface area contributed by atoms with Crippen LogP contribution in [0.3, 0.4) is 0 Å². The zero-order valence-corrected chi connectivity index (χ0v) is 18.2. The van der Waals surface area contributed by atoms with E-state index in [9.17, 15) is 14.3 Å². The summed E-state index contributed by atoms with van der Waals surface area (Å²) in [6, 6.07) is 8.27. The number of carbonyl (C=O) groups excluding carboxylic acids is 1. The predicted octanol–water partition coefficient (Wildman–Crippen LogP) is 7.27. The number of allylic oxidation sites excluding steroid dienone is 2. The number of benzene rings is 2. The van der Waals surface area contributed by atoms with Crippen LogP contribution in [-0.2, 0) is 11.2 Å². The van der Waals surface area contributed by atoms with Crippen LogP contribution in [0.5, 0.6) is 0 Å². The summed E-state index contributed by atoms with van der Waals surface area (Å²) in [5.41, 5.74) is 2.94. The molecule has 4 aliphatic carbocycles. The van der Waals surface area contributed by atoms with Gasteiger partial charge >= 0.3 is 0 Å². The van der Waals surface area contributed by atoms with Crippen LogP contribution in [0.2, 0.25) is 10.0 Å². The Kier molecular flexibility index (Phi) is 4.95. The molecule has 0 heterocycles. The van der Waals surface area contributed by atoms with Gasteiger partial charge < -0.3 is 5.11 Å². The lowest BCUT2D eigenvalue weighted by atomic mass is 9.59. The molecular weight excluding hydrogens is 422 g/mol. The molecule has 4 aliphatic rings. The van der Waals surface area contributed by atoms with E-state index in [-0.39, 0.29) is 39.0 Å². The Morgan fingerprint density at radius 2 is 1.70 bits per heavy atom. The second kappa shape index (κ2) is 7.39. The van der Waals surface area contributed by atoms with Gasteiger partial charge in [0.05, 0.1) is 10.6 Å². The van der Waals surface area contributed by atoms with Gasteiger partial charge in [0.1, 0.15) is 11.6 Å². The summed E-state index contributed by atoms with van der Waals surface area (Å²) in [6.07, 6.45) is 5.03. The Hall–Kier alpha value is -1.84. The first kappa shape index (κ1) is 20.1. The van der Waals surface area contributed by atoms with E-state index >= 15 is 0 Å². The highest BCUT2D eigenvalue weighted by Gasteiger charge is 2.54. The van der Waals surface area contributed by atoms with Crippen LogP contribution in [0, 0.1) is 29.5 Å². The minimum absolute atomic E-state index is 0.0516. The molecule has 0 aliphatic heterocycles. The normalized spacial score (nSPS) is 27.7. The van der Waals surface area contributed by atoms with Crippen LogP contribution in [0.4, 0.5) is 4.39 Å². The molecular formula is C25H23Cl2FO2. The summed E-state index contributed by atoms with van der Waals surface area (Å²) in [5, 5.41) is 11.7. The number of ketones is 1. The van der Waals surface area contributed by atoms with Crippen LogP contribution in [0.1, 0.15) is 43.7 Å². The lowest BCUT2D eigenvalue weighted by Gasteiger charge is -2.44. The SMILES string of the molecule is CCc1ccc(-c2c(F)cc(Cl)cc2Cl)cc1C1=C(O)[C@H]2[C@H]3CC[C@H](CC3)[C@H]2C1=O. The highest BCUT2D eigenvalue weighted by Crippen LogP contribution is 2.57. The summed E-state index contributed by atoms with van der Waals surface area (Å²) >= 11 is 12.2. The van der Waals surface area contributed by atoms with Crippen molar-refractivity contribution in [2.45, 2.75) is 39.0 Å². The maximum Gasteiger partial charge on any atom is 0.170 e. The van der Waals surface area contributed by atoms with Gasteiger partial charge in [-0.25, -0.2) is 4.39 Å². The number of halogens is 3. The molecule has 1 N–H and O–H groups in total. The van der Waals surface area contributed by atoms with E-state index < -0.39 is 5.82 Å². The summed E-state index contributed by atoms with van der Waals surface area (Å²) in [4.78, 5) is 13.5. The standard InChI is InChI=1S/C25H23Cl2FO2/c1-2-12-3-8-15(20-18(27)10-16(26)11-19(20)28)9-17(12)23-24(29)21-13-4-5-14(7-6-13)22(21)25(23)30/h3,8-11,13-14,21-22,29H,2,4-7H2,1H3/t13-,14+,21-,22+/m0/s1. The van der Waals surface area contributed by atoms with E-state index in [0.29, 0.717) is 35.0 Å². The summed E-state index contributed by atoms with van der Waals surface area (Å²) in [5.74, 6) is 0.392. The summed E-state index contributed by atoms with van der Waals surface area (Å²) < 4.78 is 14.7.